The molecular weight excluding hydrogens is 474 g/mol. The van der Waals surface area contributed by atoms with E-state index >= 15 is 0 Å². The Hall–Kier alpha value is -4.24. The van der Waals surface area contributed by atoms with Crippen LogP contribution in [0.4, 0.5) is 11.4 Å². The van der Waals surface area contributed by atoms with Crippen molar-refractivity contribution in [2.24, 2.45) is 0 Å². The zero-order valence-corrected chi connectivity index (χ0v) is 20.9. The molecule has 0 aliphatic carbocycles. The molecule has 2 atom stereocenters. The quantitative estimate of drug-likeness (QED) is 0.210. The molecule has 2 aromatic heterocycles. The first-order valence-electron chi connectivity index (χ1n) is 11.5. The number of nitro groups is 1. The van der Waals surface area contributed by atoms with Gasteiger partial charge in [-0.2, -0.15) is 0 Å². The summed E-state index contributed by atoms with van der Waals surface area (Å²) in [6.07, 6.45) is 1.78. The minimum Gasteiger partial charge on any atom is -0.495 e. The van der Waals surface area contributed by atoms with Crippen molar-refractivity contribution in [3.63, 3.8) is 0 Å². The number of hydrogen-bond donors (Lipinski definition) is 1. The number of para-hydroxylation sites is 1. The fraction of sp³-hybridized carbons (Fsp3) is 0.185. The summed E-state index contributed by atoms with van der Waals surface area (Å²) in [5.74, 6) is 0.551. The molecule has 5 rings (SSSR count). The smallest absolute Gasteiger partial charge is 0.271 e. The maximum absolute atomic E-state index is 11.5. The molecule has 1 aliphatic heterocycles. The van der Waals surface area contributed by atoms with Gasteiger partial charge in [-0.25, -0.2) is 0 Å². The Balaban J connectivity index is 1.70. The molecule has 8 nitrogen and oxygen atoms in total. The van der Waals surface area contributed by atoms with Crippen molar-refractivity contribution in [1.82, 2.24) is 14.9 Å². The molecule has 182 valence electrons. The van der Waals surface area contributed by atoms with Gasteiger partial charge in [0.2, 0.25) is 0 Å². The van der Waals surface area contributed by atoms with Gasteiger partial charge in [0.05, 0.1) is 35.5 Å². The van der Waals surface area contributed by atoms with Crippen LogP contribution in [0.2, 0.25) is 0 Å². The molecule has 3 heterocycles. The van der Waals surface area contributed by atoms with Crippen molar-refractivity contribution in [2.75, 3.05) is 12.0 Å². The summed E-state index contributed by atoms with van der Waals surface area (Å²) in [6, 6.07) is 22.2. The van der Waals surface area contributed by atoms with E-state index in [0.29, 0.717) is 16.5 Å². The van der Waals surface area contributed by atoms with E-state index in [4.69, 9.17) is 17.0 Å². The number of methoxy groups -OCH3 is 1. The molecule has 0 amide bonds. The maximum atomic E-state index is 11.5. The Morgan fingerprint density at radius 2 is 1.81 bits per heavy atom. The minimum absolute atomic E-state index is 0.000773. The summed E-state index contributed by atoms with van der Waals surface area (Å²) in [4.78, 5) is 17.9. The van der Waals surface area contributed by atoms with E-state index in [1.54, 1.807) is 25.4 Å². The third-order valence-corrected chi connectivity index (χ3v) is 6.85. The summed E-state index contributed by atoms with van der Waals surface area (Å²) < 4.78 is 7.58. The fourth-order valence-electron chi connectivity index (χ4n) is 4.96. The van der Waals surface area contributed by atoms with E-state index in [9.17, 15) is 10.1 Å². The van der Waals surface area contributed by atoms with E-state index in [2.05, 4.69) is 21.3 Å². The first kappa shape index (κ1) is 23.5. The Morgan fingerprint density at radius 1 is 1.06 bits per heavy atom. The van der Waals surface area contributed by atoms with Crippen LogP contribution < -0.4 is 15.0 Å². The second kappa shape index (κ2) is 9.43. The molecule has 1 saturated heterocycles. The van der Waals surface area contributed by atoms with Crippen LogP contribution in [0.5, 0.6) is 5.75 Å². The lowest BCUT2D eigenvalue weighted by Crippen LogP contribution is -2.29. The molecule has 0 spiro atoms. The lowest BCUT2D eigenvalue weighted by atomic mass is 9.96. The topological polar surface area (TPSA) is 85.5 Å². The van der Waals surface area contributed by atoms with Gasteiger partial charge in [-0.05, 0) is 68.0 Å². The van der Waals surface area contributed by atoms with Crippen molar-refractivity contribution >= 4 is 28.7 Å². The predicted octanol–water partition coefficient (Wildman–Crippen LogP) is 5.58. The number of benzene rings is 2. The molecule has 1 fully saturated rings. The number of hydrogen-bond acceptors (Lipinski definition) is 5. The summed E-state index contributed by atoms with van der Waals surface area (Å²) >= 11 is 5.82. The molecule has 0 radical (unpaired) electrons. The van der Waals surface area contributed by atoms with Crippen LogP contribution in [0.25, 0.3) is 5.69 Å². The molecule has 9 heteroatoms. The number of non-ortho nitro benzene ring substituents is 1. The second-order valence-corrected chi connectivity index (χ2v) is 8.99. The number of aryl methyl sites for hydroxylation is 1. The monoisotopic (exact) mass is 499 g/mol. The largest absolute Gasteiger partial charge is 0.495 e. The summed E-state index contributed by atoms with van der Waals surface area (Å²) in [5, 5.41) is 15.6. The van der Waals surface area contributed by atoms with Crippen molar-refractivity contribution in [3.05, 3.63) is 112 Å². The van der Waals surface area contributed by atoms with E-state index in [1.165, 1.54) is 6.07 Å². The molecule has 0 saturated carbocycles. The number of anilines is 1. The molecule has 4 aromatic rings. The Kier molecular flexibility index (Phi) is 6.15. The van der Waals surface area contributed by atoms with Gasteiger partial charge in [0.15, 0.2) is 5.11 Å². The van der Waals surface area contributed by atoms with Gasteiger partial charge in [-0.1, -0.05) is 24.3 Å². The summed E-state index contributed by atoms with van der Waals surface area (Å²) in [5.41, 5.74) is 5.35. The van der Waals surface area contributed by atoms with Gasteiger partial charge >= 0.3 is 0 Å². The number of thiocarbonyl (C=S) groups is 1. The Bertz CT molecular complexity index is 1440. The molecule has 1 N–H and O–H groups in total. The Morgan fingerprint density at radius 3 is 2.47 bits per heavy atom. The van der Waals surface area contributed by atoms with Crippen molar-refractivity contribution < 1.29 is 9.66 Å². The molecule has 0 unspecified atom stereocenters. The number of pyridine rings is 1. The van der Waals surface area contributed by atoms with Crippen LogP contribution in [0, 0.1) is 24.0 Å². The second-order valence-electron chi connectivity index (χ2n) is 8.61. The van der Waals surface area contributed by atoms with Crippen LogP contribution in [0.3, 0.4) is 0 Å². The summed E-state index contributed by atoms with van der Waals surface area (Å²) in [6.45, 7) is 4.00. The first-order chi connectivity index (χ1) is 17.4. The van der Waals surface area contributed by atoms with Crippen LogP contribution in [0.1, 0.15) is 34.7 Å². The van der Waals surface area contributed by atoms with E-state index in [-0.39, 0.29) is 17.8 Å². The summed E-state index contributed by atoms with van der Waals surface area (Å²) in [7, 11) is 1.56. The first-order valence-corrected chi connectivity index (χ1v) is 11.9. The highest BCUT2D eigenvalue weighted by molar-refractivity contribution is 7.80. The number of nitrogens with zero attached hydrogens (tertiary/aromatic N) is 4. The number of rotatable bonds is 6. The lowest BCUT2D eigenvalue weighted by molar-refractivity contribution is -0.384. The highest BCUT2D eigenvalue weighted by Gasteiger charge is 2.42. The van der Waals surface area contributed by atoms with E-state index in [0.717, 1.165) is 28.3 Å². The standard InChI is InChI=1S/C27H25N5O3S/c1-17-15-21(18(2)30(17)23-16-20(32(33)34)12-13-24(23)35-3)26-25(22-11-7-8-14-28-22)29-27(36)31(26)19-9-5-4-6-10-19/h4-16,25-26H,1-3H3,(H,29,36)/t25-,26-/m1/s1. The molecule has 0 bridgehead atoms. The minimum atomic E-state index is -0.397. The van der Waals surface area contributed by atoms with Crippen LogP contribution in [0.15, 0.2) is 79.0 Å². The SMILES string of the molecule is COc1ccc([N+](=O)[O-])cc1-n1c(C)cc([C@@H]2[C@@H](c3ccccn3)NC(=S)N2c2ccccc2)c1C. The Labute approximate surface area is 214 Å². The van der Waals surface area contributed by atoms with Crippen LogP contribution in [-0.4, -0.2) is 26.7 Å². The average molecular weight is 500 g/mol. The number of nitrogens with one attached hydrogen (secondary N) is 1. The number of ether oxygens (including phenoxy) is 1. The maximum Gasteiger partial charge on any atom is 0.271 e. The van der Waals surface area contributed by atoms with Gasteiger partial charge in [-0.3, -0.25) is 15.1 Å². The van der Waals surface area contributed by atoms with Crippen molar-refractivity contribution in [1.29, 1.82) is 0 Å². The number of nitro benzene ring substituents is 1. The van der Waals surface area contributed by atoms with E-state index < -0.39 is 4.92 Å². The van der Waals surface area contributed by atoms with Crippen molar-refractivity contribution in [3.8, 4) is 11.4 Å². The highest BCUT2D eigenvalue weighted by Crippen LogP contribution is 2.44. The fourth-order valence-corrected chi connectivity index (χ4v) is 5.31. The molecule has 1 aliphatic rings. The van der Waals surface area contributed by atoms with Gasteiger partial charge < -0.3 is 19.5 Å². The average Bonchev–Trinajstić information content (AvgIpc) is 3.39. The third kappa shape index (κ3) is 3.97. The molecular formula is C27H25N5O3S. The number of aromatic nitrogens is 2. The third-order valence-electron chi connectivity index (χ3n) is 6.54. The highest BCUT2D eigenvalue weighted by atomic mass is 32.1. The normalized spacial score (nSPS) is 17.2. The predicted molar refractivity (Wildman–Crippen MR) is 143 cm³/mol. The van der Waals surface area contributed by atoms with Gasteiger partial charge in [0, 0.05) is 35.4 Å². The lowest BCUT2D eigenvalue weighted by Gasteiger charge is -2.28. The van der Waals surface area contributed by atoms with Gasteiger partial charge in [-0.15, -0.1) is 0 Å². The van der Waals surface area contributed by atoms with Crippen molar-refractivity contribution in [2.45, 2.75) is 25.9 Å². The molecule has 36 heavy (non-hydrogen) atoms. The van der Waals surface area contributed by atoms with Gasteiger partial charge in [0.1, 0.15) is 5.75 Å². The van der Waals surface area contributed by atoms with Crippen LogP contribution in [-0.2, 0) is 0 Å². The van der Waals surface area contributed by atoms with Crippen LogP contribution >= 0.6 is 12.2 Å². The zero-order chi connectivity index (χ0) is 25.4. The molecule has 2 aromatic carbocycles. The van der Waals surface area contributed by atoms with E-state index in [1.807, 2.05) is 66.9 Å². The zero-order valence-electron chi connectivity index (χ0n) is 20.1. The van der Waals surface area contributed by atoms with Gasteiger partial charge in [0.25, 0.3) is 5.69 Å².